The standard InChI is InChI=1S/C34H48BN3O5.C24H34BN3O5.C4H11BO2.CH4/c1-22-11-13-23(14-12-22)16-29(35-42-28-18-25-17-27(33(25,5)6)34(28,7)43-35)37-31(40)41-21-24-10-9-15-38(20-24)30(39)26(36-8)19-32(2,3)4;1-17-8-10-18(11-9-17)13-21(25(31)32)27-23(30)33-16-19-7-6-12-28(15-19)22(29)20(26-5)14-24(2,3)4;1-4(2)3-5(6)7;/h11-14,19,24-25,27-29H,9-10,15-18,20-21H2,1-7H3,(H,37,40);8-11,14,19,21,31-32H,6-7,12-13,15-16H2,1-4H3,(H,27,30);4,6-7H,3H2,1-2H3;1H4/t24-,25-,27-,28+,29-,34-;19-,21-;;/m00../s1. The van der Waals surface area contributed by atoms with Crippen molar-refractivity contribution in [3.8, 4) is 0 Å². The van der Waals surface area contributed by atoms with Crippen LogP contribution in [0.5, 0.6) is 0 Å². The van der Waals surface area contributed by atoms with Gasteiger partial charge < -0.3 is 59.3 Å². The van der Waals surface area contributed by atoms with Gasteiger partial charge in [0.1, 0.15) is 0 Å². The second kappa shape index (κ2) is 31.1. The van der Waals surface area contributed by atoms with Crippen LogP contribution in [0.3, 0.4) is 0 Å². The number of hydrogen-bond acceptors (Lipinski definition) is 12. The molecule has 3 heterocycles. The number of nitrogens with zero attached hydrogens (tertiary/aromatic N) is 4. The molecule has 84 heavy (non-hydrogen) atoms. The number of nitrogens with one attached hydrogen (secondary N) is 2. The van der Waals surface area contributed by atoms with E-state index in [2.05, 4.69) is 72.3 Å². The summed E-state index contributed by atoms with van der Waals surface area (Å²) < 4.78 is 24.4. The van der Waals surface area contributed by atoms with Gasteiger partial charge in [0.25, 0.3) is 11.8 Å². The molecule has 6 N–H and O–H groups in total. The molecule has 2 bridgehead atoms. The molecule has 6 fully saturated rings. The Morgan fingerprint density at radius 3 is 1.60 bits per heavy atom. The minimum atomic E-state index is -1.73. The van der Waals surface area contributed by atoms with E-state index >= 15 is 0 Å². The van der Waals surface area contributed by atoms with Crippen LogP contribution in [0, 0.1) is 72.8 Å². The Bertz CT molecular complexity index is 2640. The Hall–Kier alpha value is -5.67. The SMILES string of the molecule is C.CC(C)CB(O)O.[C-]#[N+]C(=CC(C)(C)C)C(=O)N1CCC[C@H](COC(=O)N[C@@H](Cc2ccc(C)cc2)B(O)O)C1.[C-]#[N+]C(=CC(C)(C)C)C(=O)N1CCC[C@H](COC(=O)N[C@@H](Cc2ccc(C)cc2)B2O[C@@H]3C[C@@H]4C[C@@H](C4(C)C)[C@]3(C)O2)C1. The topological polar surface area (TPSA) is 225 Å². The normalized spacial score (nSPS) is 23.4. The van der Waals surface area contributed by atoms with Crippen LogP contribution in [0.2, 0.25) is 6.32 Å². The fourth-order valence-electron chi connectivity index (χ4n) is 11.9. The molecular weight excluding hydrogens is 1070 g/mol. The van der Waals surface area contributed by atoms with Crippen LogP contribution in [0.15, 0.2) is 72.1 Å². The summed E-state index contributed by atoms with van der Waals surface area (Å²) in [6, 6.07) is 15.9. The average Bonchev–Trinajstić information content (AvgIpc) is 1.63. The van der Waals surface area contributed by atoms with Crippen molar-refractivity contribution in [1.29, 1.82) is 0 Å². The quantitative estimate of drug-likeness (QED) is 0.0525. The molecule has 2 aromatic rings. The van der Waals surface area contributed by atoms with Crippen LogP contribution in [-0.2, 0) is 41.2 Å². The van der Waals surface area contributed by atoms with Crippen molar-refractivity contribution < 1.29 is 58.1 Å². The summed E-state index contributed by atoms with van der Waals surface area (Å²) in [4.78, 5) is 61.6. The summed E-state index contributed by atoms with van der Waals surface area (Å²) >= 11 is 0. The number of carbonyl (C=O) groups excluding carboxylic acids is 4. The first-order valence-electron chi connectivity index (χ1n) is 29.6. The maximum absolute atomic E-state index is 13.2. The van der Waals surface area contributed by atoms with E-state index in [1.165, 1.54) is 12.0 Å². The van der Waals surface area contributed by atoms with E-state index in [0.29, 0.717) is 56.7 Å². The first-order valence-corrected chi connectivity index (χ1v) is 29.6. The molecule has 0 unspecified atom stereocenters. The summed E-state index contributed by atoms with van der Waals surface area (Å²) in [6.45, 7) is 43.7. The molecule has 3 saturated carbocycles. The number of allylic oxidation sites excluding steroid dienone is 2. The molecule has 0 aromatic heterocycles. The molecule has 3 aliphatic heterocycles. The van der Waals surface area contributed by atoms with Crippen molar-refractivity contribution in [2.45, 2.75) is 179 Å². The van der Waals surface area contributed by atoms with Crippen LogP contribution in [0.25, 0.3) is 9.69 Å². The Labute approximate surface area is 502 Å². The zero-order valence-electron chi connectivity index (χ0n) is 51.6. The monoisotopic (exact) mass is 1160 g/mol. The van der Waals surface area contributed by atoms with Gasteiger partial charge in [0.2, 0.25) is 11.4 Å². The fraction of sp³-hybridized carbons (Fsp3) is 0.651. The number of carbonyl (C=O) groups is 4. The van der Waals surface area contributed by atoms with Gasteiger partial charge in [-0.1, -0.05) is 148 Å². The number of rotatable bonds is 16. The molecule has 8 atom stereocenters. The van der Waals surface area contributed by atoms with E-state index in [1.54, 1.807) is 22.0 Å². The lowest BCUT2D eigenvalue weighted by molar-refractivity contribution is -0.199. The summed E-state index contributed by atoms with van der Waals surface area (Å²) in [5, 5.41) is 41.5. The first-order chi connectivity index (χ1) is 38.8. The zero-order chi connectivity index (χ0) is 61.6. The van der Waals surface area contributed by atoms with E-state index in [-0.39, 0.29) is 90.1 Å². The van der Waals surface area contributed by atoms with E-state index in [4.69, 9.17) is 42.0 Å². The summed E-state index contributed by atoms with van der Waals surface area (Å²) in [7, 11) is -3.42. The van der Waals surface area contributed by atoms with Gasteiger partial charge in [-0.05, 0) is 124 Å². The van der Waals surface area contributed by atoms with Crippen LogP contribution < -0.4 is 10.6 Å². The highest BCUT2D eigenvalue weighted by Crippen LogP contribution is 2.65. The third kappa shape index (κ3) is 21.1. The molecule has 0 spiro atoms. The lowest BCUT2D eigenvalue weighted by Gasteiger charge is -2.64. The highest BCUT2D eigenvalue weighted by Gasteiger charge is 2.68. The summed E-state index contributed by atoms with van der Waals surface area (Å²) in [5.41, 5.74) is 3.79. The van der Waals surface area contributed by atoms with E-state index in [0.717, 1.165) is 48.8 Å². The van der Waals surface area contributed by atoms with Gasteiger partial charge in [-0.2, -0.15) is 0 Å². The molecule has 21 heteroatoms. The van der Waals surface area contributed by atoms with Crippen LogP contribution >= 0.6 is 0 Å². The summed E-state index contributed by atoms with van der Waals surface area (Å²) in [5.74, 6) is -0.457. The Kier molecular flexibility index (Phi) is 26.2. The first kappa shape index (κ1) is 70.8. The number of amides is 4. The Morgan fingerprint density at radius 1 is 0.750 bits per heavy atom. The number of piperidine rings is 2. The number of aryl methyl sites for hydroxylation is 2. The molecule has 8 rings (SSSR count). The number of alkyl carbamates (subject to hydrolysis) is 2. The van der Waals surface area contributed by atoms with E-state index in [1.807, 2.05) is 86.6 Å². The van der Waals surface area contributed by atoms with Crippen molar-refractivity contribution in [2.75, 3.05) is 39.4 Å². The molecule has 4 amide bonds. The smallest absolute Gasteiger partial charge is 0.449 e. The van der Waals surface area contributed by atoms with Crippen molar-refractivity contribution in [3.63, 3.8) is 0 Å². The fourth-order valence-corrected chi connectivity index (χ4v) is 11.9. The lowest BCUT2D eigenvalue weighted by atomic mass is 9.43. The van der Waals surface area contributed by atoms with Gasteiger partial charge in [0.05, 0.1) is 49.9 Å². The molecule has 18 nitrogen and oxygen atoms in total. The van der Waals surface area contributed by atoms with Crippen molar-refractivity contribution in [2.24, 2.45) is 45.8 Å². The summed E-state index contributed by atoms with van der Waals surface area (Å²) in [6.07, 6.45) is 8.83. The highest BCUT2D eigenvalue weighted by atomic mass is 16.7. The molecule has 460 valence electrons. The van der Waals surface area contributed by atoms with Crippen molar-refractivity contribution in [3.05, 3.63) is 117 Å². The number of likely N-dealkylation sites (tertiary alicyclic amines) is 2. The Balaban J connectivity index is 0.000000329. The highest BCUT2D eigenvalue weighted by molar-refractivity contribution is 6.48. The van der Waals surface area contributed by atoms with Crippen molar-refractivity contribution in [1.82, 2.24) is 20.4 Å². The van der Waals surface area contributed by atoms with E-state index in [9.17, 15) is 29.2 Å². The number of ether oxygens (including phenoxy) is 2. The van der Waals surface area contributed by atoms with Gasteiger partial charge in [0, 0.05) is 38.0 Å². The van der Waals surface area contributed by atoms with E-state index < -0.39 is 45.4 Å². The second-order valence-corrected chi connectivity index (χ2v) is 27.0. The molecule has 3 aliphatic carbocycles. The maximum Gasteiger partial charge on any atom is 0.482 e. The molecule has 3 saturated heterocycles. The predicted molar refractivity (Wildman–Crippen MR) is 330 cm³/mol. The minimum Gasteiger partial charge on any atom is -0.449 e. The number of hydrogen-bond donors (Lipinski definition) is 6. The second-order valence-electron chi connectivity index (χ2n) is 27.0. The average molecular weight is 1160 g/mol. The third-order valence-corrected chi connectivity index (χ3v) is 16.4. The van der Waals surface area contributed by atoms with Crippen LogP contribution in [-0.4, -0.2) is 138 Å². The van der Waals surface area contributed by atoms with Gasteiger partial charge >= 0.3 is 33.5 Å². The van der Waals surface area contributed by atoms with Gasteiger partial charge in [-0.15, -0.1) is 0 Å². The maximum atomic E-state index is 13.2. The third-order valence-electron chi connectivity index (χ3n) is 16.4. The molecule has 2 aromatic carbocycles. The van der Waals surface area contributed by atoms with Gasteiger partial charge in [-0.25, -0.2) is 19.3 Å². The van der Waals surface area contributed by atoms with Crippen LogP contribution in [0.1, 0.15) is 144 Å². The molecule has 6 aliphatic rings. The van der Waals surface area contributed by atoms with Crippen LogP contribution in [0.4, 0.5) is 9.59 Å². The lowest BCUT2D eigenvalue weighted by Crippen LogP contribution is -2.65. The minimum absolute atomic E-state index is 0. The van der Waals surface area contributed by atoms with Crippen molar-refractivity contribution >= 4 is 45.4 Å². The van der Waals surface area contributed by atoms with Gasteiger partial charge in [0.15, 0.2) is 0 Å². The Morgan fingerprint density at radius 2 is 1.20 bits per heavy atom. The zero-order valence-corrected chi connectivity index (χ0v) is 51.6. The van der Waals surface area contributed by atoms with Gasteiger partial charge in [-0.3, -0.25) is 9.59 Å². The number of benzene rings is 2. The molecular formula is C63H97B3N6O12. The predicted octanol–water partition coefficient (Wildman–Crippen LogP) is 9.47. The largest absolute Gasteiger partial charge is 0.482 e. The molecule has 0 radical (unpaired) electrons.